The van der Waals surface area contributed by atoms with Crippen LogP contribution in [-0.4, -0.2) is 26.5 Å². The molecule has 0 radical (unpaired) electrons. The highest BCUT2D eigenvalue weighted by Gasteiger charge is 2.27. The van der Waals surface area contributed by atoms with Crippen LogP contribution in [0.5, 0.6) is 0 Å². The fraction of sp³-hybridized carbons (Fsp3) is 0.0750. The second-order valence-corrected chi connectivity index (χ2v) is 14.6. The Kier molecular flexibility index (Phi) is 6.10. The predicted molar refractivity (Wildman–Crippen MR) is 199 cm³/mol. The van der Waals surface area contributed by atoms with Gasteiger partial charge in [0.25, 0.3) is 0 Å². The minimum absolute atomic E-state index is 0.308. The monoisotopic (exact) mass is 692 g/mol. The van der Waals surface area contributed by atoms with Crippen molar-refractivity contribution >= 4 is 84.9 Å². The summed E-state index contributed by atoms with van der Waals surface area (Å²) in [6.45, 7) is 6.25. The Balaban J connectivity index is 1.29. The lowest BCUT2D eigenvalue weighted by Gasteiger charge is -2.16. The number of halogens is 1. The van der Waals surface area contributed by atoms with Gasteiger partial charge in [-0.05, 0) is 77.9 Å². The number of pyridine rings is 1. The SMILES string of the molecule is C=CCC1=C(/C=C\C)C2C=C(c3ccc4c(c3)c3ccccc3c3nc5ccccc5n43)C=CC(=I2)n2c1nc1ccccc12. The summed E-state index contributed by atoms with van der Waals surface area (Å²) in [6.07, 6.45) is 14.5. The smallest absolute Gasteiger partial charge is 0.146 e. The third-order valence-corrected chi connectivity index (χ3v) is 12.1. The van der Waals surface area contributed by atoms with E-state index in [1.807, 2.05) is 6.08 Å². The average Bonchev–Trinajstić information content (AvgIpc) is 3.55. The topological polar surface area (TPSA) is 35.1 Å². The first kappa shape index (κ1) is 26.5. The number of para-hydroxylation sites is 4. The lowest BCUT2D eigenvalue weighted by Crippen LogP contribution is -2.10. The normalized spacial score (nSPS) is 16.7. The van der Waals surface area contributed by atoms with E-state index in [1.165, 1.54) is 53.1 Å². The number of fused-ring (bicyclic) bond motifs is 13. The highest BCUT2D eigenvalue weighted by molar-refractivity contribution is 14.2. The zero-order valence-corrected chi connectivity index (χ0v) is 26.9. The van der Waals surface area contributed by atoms with E-state index in [1.54, 1.807) is 0 Å². The van der Waals surface area contributed by atoms with Gasteiger partial charge in [-0.2, -0.15) is 0 Å². The molecule has 0 saturated carbocycles. The minimum Gasteiger partial charge on any atom is -0.292 e. The van der Waals surface area contributed by atoms with Gasteiger partial charge < -0.3 is 0 Å². The molecular formula is C40H29IN4. The second kappa shape index (κ2) is 10.3. The summed E-state index contributed by atoms with van der Waals surface area (Å²) in [7, 11) is 0. The maximum absolute atomic E-state index is 5.18. The van der Waals surface area contributed by atoms with Crippen molar-refractivity contribution in [3.05, 3.63) is 151 Å². The summed E-state index contributed by atoms with van der Waals surface area (Å²) in [5.74, 6) is 1.05. The van der Waals surface area contributed by atoms with E-state index in [9.17, 15) is 0 Å². The van der Waals surface area contributed by atoms with E-state index in [2.05, 4.69) is 144 Å². The Hall–Kier alpha value is -4.88. The third kappa shape index (κ3) is 4.00. The number of rotatable bonds is 4. The highest BCUT2D eigenvalue weighted by Crippen LogP contribution is 2.41. The Morgan fingerprint density at radius 2 is 1.56 bits per heavy atom. The van der Waals surface area contributed by atoms with Crippen LogP contribution >= 0.6 is 20.7 Å². The molecule has 4 nitrogen and oxygen atoms in total. The van der Waals surface area contributed by atoms with Crippen molar-refractivity contribution in [2.45, 2.75) is 17.3 Å². The lowest BCUT2D eigenvalue weighted by atomic mass is 9.95. The summed E-state index contributed by atoms with van der Waals surface area (Å²) in [5, 5.41) is 3.63. The number of alkyl halides is 1. The molecule has 0 spiro atoms. The first-order valence-corrected chi connectivity index (χ1v) is 17.6. The van der Waals surface area contributed by atoms with Gasteiger partial charge in [0, 0.05) is 16.3 Å². The molecule has 1 atom stereocenters. The molecular weight excluding hydrogens is 663 g/mol. The molecule has 9 rings (SSSR count). The van der Waals surface area contributed by atoms with E-state index in [0.717, 1.165) is 34.4 Å². The molecule has 7 aromatic rings. The third-order valence-electron chi connectivity index (χ3n) is 8.93. The zero-order chi connectivity index (χ0) is 30.1. The van der Waals surface area contributed by atoms with Crippen LogP contribution < -0.4 is 0 Å². The van der Waals surface area contributed by atoms with Gasteiger partial charge in [-0.15, -0.1) is 6.58 Å². The number of hydrogen-bond acceptors (Lipinski definition) is 2. The summed E-state index contributed by atoms with van der Waals surface area (Å²) in [5.41, 5.74) is 11.6. The lowest BCUT2D eigenvalue weighted by molar-refractivity contribution is 1.11. The van der Waals surface area contributed by atoms with E-state index in [4.69, 9.17) is 9.97 Å². The van der Waals surface area contributed by atoms with Crippen molar-refractivity contribution in [3.8, 4) is 0 Å². The Labute approximate surface area is 270 Å². The van der Waals surface area contributed by atoms with Gasteiger partial charge in [-0.3, -0.25) is 8.97 Å². The number of hydrogen-bond donors (Lipinski definition) is 0. The molecule has 5 heteroatoms. The Morgan fingerprint density at radius 3 is 2.38 bits per heavy atom. The molecule has 0 fully saturated rings. The van der Waals surface area contributed by atoms with Gasteiger partial charge in [0.05, 0.1) is 35.1 Å². The summed E-state index contributed by atoms with van der Waals surface area (Å²) in [4.78, 5) is 10.2. The summed E-state index contributed by atoms with van der Waals surface area (Å²) >= 11 is -0.412. The van der Waals surface area contributed by atoms with Gasteiger partial charge in [-0.25, -0.2) is 9.97 Å². The summed E-state index contributed by atoms with van der Waals surface area (Å²) in [6, 6.07) is 32.6. The van der Waals surface area contributed by atoms with Crippen molar-refractivity contribution in [2.75, 3.05) is 0 Å². The zero-order valence-electron chi connectivity index (χ0n) is 24.8. The molecule has 0 saturated heterocycles. The van der Waals surface area contributed by atoms with E-state index >= 15 is 0 Å². The maximum atomic E-state index is 5.18. The molecule has 216 valence electrons. The van der Waals surface area contributed by atoms with Crippen molar-refractivity contribution in [1.82, 2.24) is 18.9 Å². The van der Waals surface area contributed by atoms with E-state index < -0.39 is 20.7 Å². The first-order chi connectivity index (χ1) is 22.2. The molecule has 45 heavy (non-hydrogen) atoms. The van der Waals surface area contributed by atoms with Crippen LogP contribution in [0.4, 0.5) is 0 Å². The van der Waals surface area contributed by atoms with Gasteiger partial charge in [0.2, 0.25) is 0 Å². The number of nitrogens with zero attached hydrogens (tertiary/aromatic N) is 4. The van der Waals surface area contributed by atoms with E-state index in [-0.39, 0.29) is 0 Å². The fourth-order valence-electron chi connectivity index (χ4n) is 6.98. The number of allylic oxidation sites excluding steroid dienone is 9. The van der Waals surface area contributed by atoms with E-state index in [0.29, 0.717) is 3.92 Å². The average molecular weight is 693 g/mol. The molecule has 3 aromatic heterocycles. The van der Waals surface area contributed by atoms with Crippen molar-refractivity contribution in [3.63, 3.8) is 0 Å². The molecule has 4 aromatic carbocycles. The van der Waals surface area contributed by atoms with Crippen molar-refractivity contribution in [1.29, 1.82) is 0 Å². The molecule has 1 unspecified atom stereocenters. The van der Waals surface area contributed by atoms with Gasteiger partial charge in [0.1, 0.15) is 11.5 Å². The van der Waals surface area contributed by atoms with Crippen LogP contribution in [-0.2, 0) is 0 Å². The van der Waals surface area contributed by atoms with Gasteiger partial charge in [0.15, 0.2) is 0 Å². The summed E-state index contributed by atoms with van der Waals surface area (Å²) < 4.78 is 6.43. The molecule has 5 heterocycles. The molecule has 2 aliphatic rings. The molecule has 0 amide bonds. The van der Waals surface area contributed by atoms with Gasteiger partial charge >= 0.3 is 0 Å². The second-order valence-electron chi connectivity index (χ2n) is 11.5. The molecule has 2 bridgehead atoms. The highest BCUT2D eigenvalue weighted by atomic mass is 127. The minimum atomic E-state index is -0.412. The van der Waals surface area contributed by atoms with Crippen molar-refractivity contribution in [2.24, 2.45) is 0 Å². The van der Waals surface area contributed by atoms with Crippen LogP contribution in [0.3, 0.4) is 0 Å². The number of benzene rings is 4. The van der Waals surface area contributed by atoms with Gasteiger partial charge in [-0.1, -0.05) is 106 Å². The molecule has 2 aliphatic heterocycles. The molecule has 0 aliphatic carbocycles. The van der Waals surface area contributed by atoms with Crippen molar-refractivity contribution < 1.29 is 0 Å². The number of imidazole rings is 2. The largest absolute Gasteiger partial charge is 0.292 e. The maximum Gasteiger partial charge on any atom is 0.146 e. The Morgan fingerprint density at radius 1 is 0.800 bits per heavy atom. The fourth-order valence-corrected chi connectivity index (χ4v) is 10.3. The Bertz CT molecular complexity index is 2550. The first-order valence-electron chi connectivity index (χ1n) is 15.3. The van der Waals surface area contributed by atoms with Crippen LogP contribution in [0.2, 0.25) is 0 Å². The number of aromatic nitrogens is 4. The van der Waals surface area contributed by atoms with Crippen LogP contribution in [0.15, 0.2) is 140 Å². The molecule has 0 N–H and O–H groups in total. The predicted octanol–water partition coefficient (Wildman–Crippen LogP) is 10.0. The standard InChI is InChI=1S/C40H29IN4/c1-3-11-28-29(12-4-2)40-43-34-16-8-10-18-37(34)45(40)38-22-20-26(24-32(28)41-38)25-19-21-35-31(23-25)27-13-5-6-14-30(27)39-42-33-15-7-9-17-36(33)44(35)39/h3-11,13-24,32H,2,12H2,1H3/b11-3-. The van der Waals surface area contributed by atoms with Crippen LogP contribution in [0.1, 0.15) is 24.7 Å². The van der Waals surface area contributed by atoms with Crippen LogP contribution in [0, 0.1) is 0 Å². The quantitative estimate of drug-likeness (QED) is 0.0797. The van der Waals surface area contributed by atoms with Crippen LogP contribution in [0.25, 0.3) is 60.5 Å².